The van der Waals surface area contributed by atoms with Gasteiger partial charge in [0.15, 0.2) is 6.23 Å². The average Bonchev–Trinajstić information content (AvgIpc) is 2.91. The van der Waals surface area contributed by atoms with Crippen LogP contribution in [0.3, 0.4) is 0 Å². The van der Waals surface area contributed by atoms with Gasteiger partial charge in [-0.15, -0.1) is 0 Å². The maximum absolute atomic E-state index is 12.1. The largest absolute Gasteiger partial charge is 0.388 e. The van der Waals surface area contributed by atoms with E-state index in [1.807, 2.05) is 13.8 Å². The molecule has 0 aromatic carbocycles. The number of hydrogen-bond acceptors (Lipinski definition) is 9. The summed E-state index contributed by atoms with van der Waals surface area (Å²) in [5, 5.41) is 28.9. The van der Waals surface area contributed by atoms with Crippen LogP contribution in [-0.2, 0) is 22.3 Å². The quantitative estimate of drug-likeness (QED) is 0.321. The molecule has 2 aromatic rings. The molecule has 5 N–H and O–H groups in total. The lowest BCUT2D eigenvalue weighted by Gasteiger charge is -2.39. The minimum absolute atomic E-state index is 0.211. The first-order valence-electron chi connectivity index (χ1n) is 13.9. The number of aromatic amines is 2. The highest BCUT2D eigenvalue weighted by atomic mass is 16.5. The zero-order chi connectivity index (χ0) is 29.7. The molecule has 2 aliphatic heterocycles. The topological polar surface area (TPSA) is 189 Å². The van der Waals surface area contributed by atoms with Crippen LogP contribution in [0.1, 0.15) is 71.0 Å². The SMILES string of the molecule is CCCc1cn(C2OCC(C)C(C)C2C)c(=O)[nH]c1=O.CCCc1cn(C2OCC(O)C(O)C2O)c(=O)[nH]c1=O. The van der Waals surface area contributed by atoms with Crippen molar-refractivity contribution < 1.29 is 24.8 Å². The third-order valence-corrected chi connectivity index (χ3v) is 7.85. The van der Waals surface area contributed by atoms with Crippen molar-refractivity contribution in [2.24, 2.45) is 17.8 Å². The van der Waals surface area contributed by atoms with Crippen LogP contribution in [0.15, 0.2) is 31.6 Å². The standard InChI is InChI=1S/C15H24N2O3.C12H18N2O6/c1-5-6-12-7-17(15(19)16-13(12)18)14-11(4)10(3)9(2)8-20-14;1-2-3-6-4-14(12(19)13-10(6)18)11-9(17)8(16)7(15)5-20-11/h7,9-11,14H,5-6,8H2,1-4H3,(H,16,18,19);4,7-9,11,15-17H,2-3,5H2,1H3,(H,13,18,19). The second-order valence-corrected chi connectivity index (χ2v) is 10.8. The van der Waals surface area contributed by atoms with Crippen molar-refractivity contribution in [2.75, 3.05) is 13.2 Å². The van der Waals surface area contributed by atoms with Crippen LogP contribution < -0.4 is 22.5 Å². The Morgan fingerprint density at radius 3 is 1.73 bits per heavy atom. The summed E-state index contributed by atoms with van der Waals surface area (Å²) in [6.45, 7) is 10.8. The van der Waals surface area contributed by atoms with E-state index in [0.29, 0.717) is 42.4 Å². The lowest BCUT2D eigenvalue weighted by Crippen LogP contribution is -2.53. The van der Waals surface area contributed by atoms with Crippen molar-refractivity contribution in [2.45, 2.75) is 91.1 Å². The minimum atomic E-state index is -1.46. The van der Waals surface area contributed by atoms with E-state index < -0.39 is 35.8 Å². The van der Waals surface area contributed by atoms with E-state index in [-0.39, 0.29) is 30.0 Å². The summed E-state index contributed by atoms with van der Waals surface area (Å²) >= 11 is 0. The number of aliphatic hydroxyl groups is 3. The molecule has 8 atom stereocenters. The summed E-state index contributed by atoms with van der Waals surface area (Å²) < 4.78 is 13.6. The Labute approximate surface area is 231 Å². The van der Waals surface area contributed by atoms with E-state index in [2.05, 4.69) is 30.7 Å². The molecule has 13 heteroatoms. The van der Waals surface area contributed by atoms with Crippen molar-refractivity contribution in [3.05, 3.63) is 65.2 Å². The second kappa shape index (κ2) is 13.7. The van der Waals surface area contributed by atoms with Gasteiger partial charge in [-0.3, -0.25) is 28.7 Å². The number of aromatic nitrogens is 4. The van der Waals surface area contributed by atoms with Gasteiger partial charge in [0.2, 0.25) is 0 Å². The van der Waals surface area contributed by atoms with Crippen molar-refractivity contribution in [1.29, 1.82) is 0 Å². The van der Waals surface area contributed by atoms with E-state index in [9.17, 15) is 34.5 Å². The van der Waals surface area contributed by atoms with Crippen molar-refractivity contribution >= 4 is 0 Å². The van der Waals surface area contributed by atoms with Crippen molar-refractivity contribution in [1.82, 2.24) is 19.1 Å². The average molecular weight is 567 g/mol. The van der Waals surface area contributed by atoms with Gasteiger partial charge in [-0.05, 0) is 24.7 Å². The lowest BCUT2D eigenvalue weighted by atomic mass is 9.82. The van der Waals surface area contributed by atoms with Gasteiger partial charge >= 0.3 is 11.4 Å². The molecule has 0 amide bonds. The Bertz CT molecular complexity index is 1260. The van der Waals surface area contributed by atoms with Crippen molar-refractivity contribution in [3.63, 3.8) is 0 Å². The third kappa shape index (κ3) is 6.89. The Morgan fingerprint density at radius 1 is 0.750 bits per heavy atom. The van der Waals surface area contributed by atoms with Gasteiger partial charge in [0, 0.05) is 29.4 Å². The van der Waals surface area contributed by atoms with E-state index in [4.69, 9.17) is 9.47 Å². The predicted molar refractivity (Wildman–Crippen MR) is 146 cm³/mol. The molecular formula is C27H42N4O9. The molecule has 0 bridgehead atoms. The summed E-state index contributed by atoms with van der Waals surface area (Å²) in [6.07, 6.45) is 0.208. The number of aliphatic hydroxyl groups excluding tert-OH is 3. The highest BCUT2D eigenvalue weighted by Crippen LogP contribution is 2.35. The highest BCUT2D eigenvalue weighted by Gasteiger charge is 2.39. The van der Waals surface area contributed by atoms with E-state index in [1.165, 1.54) is 6.20 Å². The molecule has 0 aliphatic carbocycles. The fourth-order valence-corrected chi connectivity index (χ4v) is 5.03. The fourth-order valence-electron chi connectivity index (χ4n) is 5.03. The molecule has 13 nitrogen and oxygen atoms in total. The number of ether oxygens (including phenoxy) is 2. The van der Waals surface area contributed by atoms with Crippen LogP contribution in [0.25, 0.3) is 0 Å². The Morgan fingerprint density at radius 2 is 1.23 bits per heavy atom. The fraction of sp³-hybridized carbons (Fsp3) is 0.704. The van der Waals surface area contributed by atoms with E-state index in [0.717, 1.165) is 17.4 Å². The van der Waals surface area contributed by atoms with Crippen LogP contribution in [0.4, 0.5) is 0 Å². The molecule has 2 saturated heterocycles. The molecule has 4 heterocycles. The monoisotopic (exact) mass is 566 g/mol. The first-order valence-corrected chi connectivity index (χ1v) is 13.9. The maximum Gasteiger partial charge on any atom is 0.330 e. The summed E-state index contributed by atoms with van der Waals surface area (Å²) in [5.74, 6) is 1.19. The smallest absolute Gasteiger partial charge is 0.330 e. The molecule has 2 aliphatic rings. The zero-order valence-electron chi connectivity index (χ0n) is 23.7. The van der Waals surface area contributed by atoms with Crippen LogP contribution >= 0.6 is 0 Å². The summed E-state index contributed by atoms with van der Waals surface area (Å²) in [4.78, 5) is 51.8. The second-order valence-electron chi connectivity index (χ2n) is 10.8. The Kier molecular flexibility index (Phi) is 10.8. The molecule has 2 fully saturated rings. The predicted octanol–water partition coefficient (Wildman–Crippen LogP) is 0.0268. The molecule has 4 rings (SSSR count). The van der Waals surface area contributed by atoms with E-state index >= 15 is 0 Å². The third-order valence-electron chi connectivity index (χ3n) is 7.85. The number of hydrogen-bond donors (Lipinski definition) is 5. The molecule has 0 spiro atoms. The summed E-state index contributed by atoms with van der Waals surface area (Å²) in [7, 11) is 0. The first kappa shape index (κ1) is 31.7. The minimum Gasteiger partial charge on any atom is -0.388 e. The Hall–Kier alpha value is -2.84. The first-order chi connectivity index (χ1) is 18.9. The van der Waals surface area contributed by atoms with Crippen LogP contribution in [0, 0.1) is 17.8 Å². The van der Waals surface area contributed by atoms with Crippen molar-refractivity contribution in [3.8, 4) is 0 Å². The van der Waals surface area contributed by atoms with Gasteiger partial charge in [-0.1, -0.05) is 47.5 Å². The van der Waals surface area contributed by atoms with Crippen LogP contribution in [-0.4, -0.2) is 65.9 Å². The number of H-pyrrole nitrogens is 2. The highest BCUT2D eigenvalue weighted by molar-refractivity contribution is 5.06. The normalized spacial score (nSPS) is 30.4. The van der Waals surface area contributed by atoms with Gasteiger partial charge in [0.05, 0.1) is 13.2 Å². The molecule has 224 valence electrons. The number of nitrogens with zero attached hydrogens (tertiary/aromatic N) is 2. The van der Waals surface area contributed by atoms with E-state index in [1.54, 1.807) is 10.8 Å². The number of aryl methyl sites for hydroxylation is 2. The summed E-state index contributed by atoms with van der Waals surface area (Å²) in [6, 6.07) is 0. The van der Waals surface area contributed by atoms with Crippen LogP contribution in [0.2, 0.25) is 0 Å². The van der Waals surface area contributed by atoms with Gasteiger partial charge in [0.1, 0.15) is 24.5 Å². The Balaban J connectivity index is 0.000000220. The maximum atomic E-state index is 12.1. The molecule has 40 heavy (non-hydrogen) atoms. The summed E-state index contributed by atoms with van der Waals surface area (Å²) in [5.41, 5.74) is -0.828. The molecular weight excluding hydrogens is 524 g/mol. The van der Waals surface area contributed by atoms with Gasteiger partial charge in [-0.25, -0.2) is 9.59 Å². The molecule has 0 saturated carbocycles. The van der Waals surface area contributed by atoms with Gasteiger partial charge in [0.25, 0.3) is 11.1 Å². The van der Waals surface area contributed by atoms with Gasteiger partial charge in [-0.2, -0.15) is 0 Å². The number of nitrogens with one attached hydrogen (secondary N) is 2. The molecule has 2 aromatic heterocycles. The number of rotatable bonds is 6. The molecule has 0 radical (unpaired) electrons. The zero-order valence-corrected chi connectivity index (χ0v) is 23.7. The molecule has 8 unspecified atom stereocenters. The van der Waals surface area contributed by atoms with Crippen LogP contribution in [0.5, 0.6) is 0 Å². The van der Waals surface area contributed by atoms with Gasteiger partial charge < -0.3 is 24.8 Å². The lowest BCUT2D eigenvalue weighted by molar-refractivity contribution is -0.212.